The van der Waals surface area contributed by atoms with Gasteiger partial charge in [0, 0.05) is 37.0 Å². The molecule has 242 valence electrons. The molecular formula is C36H34F3N5O3. The number of amides is 3. The van der Waals surface area contributed by atoms with Crippen LogP contribution in [0, 0.1) is 11.8 Å². The Hall–Kier alpha value is -4.80. The molecule has 1 aliphatic heterocycles. The van der Waals surface area contributed by atoms with Crippen molar-refractivity contribution in [3.8, 4) is 0 Å². The largest absolute Gasteiger partial charge is 0.413 e. The van der Waals surface area contributed by atoms with Crippen LogP contribution >= 0.6 is 0 Å². The van der Waals surface area contributed by atoms with Gasteiger partial charge in [0.2, 0.25) is 5.91 Å². The van der Waals surface area contributed by atoms with Gasteiger partial charge in [-0.3, -0.25) is 29.3 Å². The number of rotatable bonds is 8. The summed E-state index contributed by atoms with van der Waals surface area (Å²) in [6.45, 7) is 0.239. The van der Waals surface area contributed by atoms with E-state index in [1.54, 1.807) is 48.8 Å². The number of fused-ring (bicyclic) bond motifs is 2. The SMILES string of the molecule is CN(C(=O)C1CCC(CN2C(=O)c3ccccc3C2=O)CC1)[C@@H](c1ccc(Nc2cnc3cccnc3c2C2CC2)cc1)C(F)(F)F. The lowest BCUT2D eigenvalue weighted by Gasteiger charge is -2.36. The summed E-state index contributed by atoms with van der Waals surface area (Å²) in [5, 5.41) is 3.33. The van der Waals surface area contributed by atoms with Crippen molar-refractivity contribution in [1.82, 2.24) is 19.8 Å². The lowest BCUT2D eigenvalue weighted by molar-refractivity contribution is -0.191. The Morgan fingerprint density at radius 3 is 2.19 bits per heavy atom. The van der Waals surface area contributed by atoms with Crippen molar-refractivity contribution < 1.29 is 27.6 Å². The Kier molecular flexibility index (Phi) is 7.93. The highest BCUT2D eigenvalue weighted by atomic mass is 19.4. The molecule has 0 saturated heterocycles. The number of carbonyl (C=O) groups excluding carboxylic acids is 3. The second kappa shape index (κ2) is 12.1. The number of nitrogens with one attached hydrogen (secondary N) is 1. The second-order valence-corrected chi connectivity index (χ2v) is 12.9. The summed E-state index contributed by atoms with van der Waals surface area (Å²) in [6, 6.07) is 14.3. The van der Waals surface area contributed by atoms with Crippen LogP contribution in [0.3, 0.4) is 0 Å². The highest BCUT2D eigenvalue weighted by molar-refractivity contribution is 6.21. The maximum Gasteiger partial charge on any atom is 0.413 e. The van der Waals surface area contributed by atoms with Gasteiger partial charge < -0.3 is 10.2 Å². The van der Waals surface area contributed by atoms with Gasteiger partial charge >= 0.3 is 6.18 Å². The first kappa shape index (κ1) is 30.8. The van der Waals surface area contributed by atoms with Crippen LogP contribution in [0.4, 0.5) is 24.5 Å². The van der Waals surface area contributed by atoms with E-state index < -0.39 is 24.0 Å². The number of benzene rings is 2. The van der Waals surface area contributed by atoms with Crippen LogP contribution < -0.4 is 5.32 Å². The molecule has 8 nitrogen and oxygen atoms in total. The number of hydrogen-bond donors (Lipinski definition) is 1. The molecule has 7 rings (SSSR count). The lowest BCUT2D eigenvalue weighted by atomic mass is 9.81. The van der Waals surface area contributed by atoms with E-state index in [1.807, 2.05) is 12.1 Å². The molecule has 3 amide bonds. The maximum atomic E-state index is 14.5. The monoisotopic (exact) mass is 641 g/mol. The molecular weight excluding hydrogens is 607 g/mol. The molecule has 3 aliphatic rings. The number of carbonyl (C=O) groups is 3. The van der Waals surface area contributed by atoms with Crippen LogP contribution in [0.5, 0.6) is 0 Å². The van der Waals surface area contributed by atoms with Gasteiger partial charge in [0.05, 0.1) is 34.0 Å². The van der Waals surface area contributed by atoms with Gasteiger partial charge in [0.25, 0.3) is 11.8 Å². The first-order valence-electron chi connectivity index (χ1n) is 16.0. The number of imide groups is 1. The maximum absolute atomic E-state index is 14.5. The van der Waals surface area contributed by atoms with E-state index in [2.05, 4.69) is 15.3 Å². The molecule has 1 atom stereocenters. The van der Waals surface area contributed by atoms with Gasteiger partial charge in [0.15, 0.2) is 6.04 Å². The lowest BCUT2D eigenvalue weighted by Crippen LogP contribution is -2.44. The molecule has 1 N–H and O–H groups in total. The summed E-state index contributed by atoms with van der Waals surface area (Å²) in [5.74, 6) is -1.43. The summed E-state index contributed by atoms with van der Waals surface area (Å²) in [5.41, 5.74) is 4.82. The zero-order chi connectivity index (χ0) is 32.9. The fraction of sp³-hybridized carbons (Fsp3) is 0.361. The summed E-state index contributed by atoms with van der Waals surface area (Å²) in [4.78, 5) is 50.1. The number of aromatic nitrogens is 2. The van der Waals surface area contributed by atoms with Crippen molar-refractivity contribution in [3.63, 3.8) is 0 Å². The van der Waals surface area contributed by atoms with E-state index in [4.69, 9.17) is 0 Å². The Morgan fingerprint density at radius 1 is 0.915 bits per heavy atom. The number of pyridine rings is 2. The van der Waals surface area contributed by atoms with Crippen LogP contribution in [-0.4, -0.2) is 57.3 Å². The van der Waals surface area contributed by atoms with E-state index in [0.29, 0.717) is 48.4 Å². The Morgan fingerprint density at radius 2 is 1.57 bits per heavy atom. The van der Waals surface area contributed by atoms with Crippen LogP contribution in [0.25, 0.3) is 11.0 Å². The van der Waals surface area contributed by atoms with Crippen LogP contribution in [0.2, 0.25) is 0 Å². The summed E-state index contributed by atoms with van der Waals surface area (Å²) in [6.07, 6.45) is 2.74. The third kappa shape index (κ3) is 5.94. The molecule has 2 aromatic carbocycles. The minimum atomic E-state index is -4.69. The Balaban J connectivity index is 1.01. The molecule has 0 unspecified atom stereocenters. The standard InChI is InChI=1S/C36H34F3N5O3/c1-43(33(45)24-10-8-21(9-11-24)20-44-34(46)26-5-2-3-6-27(26)35(44)47)32(36(37,38)39)23-14-16-25(17-15-23)42-29-19-41-28-7-4-18-40-31(28)30(29)22-12-13-22/h2-7,14-19,21-22,24,32,42H,8-13,20H2,1H3/t21?,24?,32-/m0/s1. The third-order valence-corrected chi connectivity index (χ3v) is 9.72. The van der Waals surface area contributed by atoms with Crippen molar-refractivity contribution in [2.75, 3.05) is 18.9 Å². The van der Waals surface area contributed by atoms with Crippen molar-refractivity contribution in [2.24, 2.45) is 11.8 Å². The molecule has 2 saturated carbocycles. The highest BCUT2D eigenvalue weighted by Gasteiger charge is 2.47. The van der Waals surface area contributed by atoms with Crippen LogP contribution in [-0.2, 0) is 4.79 Å². The smallest absolute Gasteiger partial charge is 0.354 e. The van der Waals surface area contributed by atoms with E-state index in [9.17, 15) is 27.6 Å². The summed E-state index contributed by atoms with van der Waals surface area (Å²) < 4.78 is 43.5. The molecule has 2 aromatic heterocycles. The van der Waals surface area contributed by atoms with Crippen LogP contribution in [0.1, 0.15) is 82.3 Å². The second-order valence-electron chi connectivity index (χ2n) is 12.9. The average molecular weight is 642 g/mol. The number of anilines is 2. The normalized spacial score (nSPS) is 20.3. The molecule has 0 spiro atoms. The Labute approximate surface area is 270 Å². The van der Waals surface area contributed by atoms with Crippen molar-refractivity contribution in [1.29, 1.82) is 0 Å². The van der Waals surface area contributed by atoms with E-state index in [0.717, 1.165) is 40.0 Å². The number of halogens is 3. The molecule has 2 fully saturated rings. The predicted octanol–water partition coefficient (Wildman–Crippen LogP) is 7.42. The number of hydrogen-bond acceptors (Lipinski definition) is 6. The zero-order valence-corrected chi connectivity index (χ0v) is 25.8. The molecule has 47 heavy (non-hydrogen) atoms. The zero-order valence-electron chi connectivity index (χ0n) is 25.8. The van der Waals surface area contributed by atoms with E-state index in [1.165, 1.54) is 24.1 Å². The van der Waals surface area contributed by atoms with Gasteiger partial charge in [-0.1, -0.05) is 24.3 Å². The topological polar surface area (TPSA) is 95.5 Å². The van der Waals surface area contributed by atoms with Gasteiger partial charge in [-0.15, -0.1) is 0 Å². The molecule has 2 aliphatic carbocycles. The van der Waals surface area contributed by atoms with Gasteiger partial charge in [-0.05, 0) is 92.3 Å². The van der Waals surface area contributed by atoms with Crippen molar-refractivity contribution in [3.05, 3.63) is 95.3 Å². The van der Waals surface area contributed by atoms with Crippen LogP contribution in [0.15, 0.2) is 73.1 Å². The molecule has 0 bridgehead atoms. The minimum Gasteiger partial charge on any atom is -0.354 e. The Bertz CT molecular complexity index is 1810. The average Bonchev–Trinajstić information content (AvgIpc) is 3.88. The van der Waals surface area contributed by atoms with E-state index in [-0.39, 0.29) is 29.8 Å². The number of nitrogens with zero attached hydrogens (tertiary/aromatic N) is 4. The molecule has 0 radical (unpaired) electrons. The van der Waals surface area contributed by atoms with E-state index >= 15 is 0 Å². The van der Waals surface area contributed by atoms with Crippen molar-refractivity contribution in [2.45, 2.75) is 56.7 Å². The first-order chi connectivity index (χ1) is 22.6. The third-order valence-electron chi connectivity index (χ3n) is 9.72. The number of alkyl halides is 3. The first-order valence-corrected chi connectivity index (χ1v) is 16.0. The molecule has 11 heteroatoms. The predicted molar refractivity (Wildman–Crippen MR) is 170 cm³/mol. The fourth-order valence-electron chi connectivity index (χ4n) is 7.13. The quantitative estimate of drug-likeness (QED) is 0.201. The molecule has 4 aromatic rings. The van der Waals surface area contributed by atoms with Crippen molar-refractivity contribution >= 4 is 40.1 Å². The fourth-order valence-corrected chi connectivity index (χ4v) is 7.13. The highest BCUT2D eigenvalue weighted by Crippen LogP contribution is 2.46. The van der Waals surface area contributed by atoms with Gasteiger partial charge in [-0.2, -0.15) is 13.2 Å². The van der Waals surface area contributed by atoms with Gasteiger partial charge in [0.1, 0.15) is 0 Å². The summed E-state index contributed by atoms with van der Waals surface area (Å²) >= 11 is 0. The minimum absolute atomic E-state index is 0.0148. The van der Waals surface area contributed by atoms with Gasteiger partial charge in [-0.25, -0.2) is 0 Å². The molecule has 3 heterocycles. The summed E-state index contributed by atoms with van der Waals surface area (Å²) in [7, 11) is 1.22.